The van der Waals surface area contributed by atoms with Gasteiger partial charge >= 0.3 is 5.76 Å². The van der Waals surface area contributed by atoms with Crippen molar-refractivity contribution in [1.29, 1.82) is 0 Å². The number of aryl methyl sites for hydroxylation is 2. The third-order valence-electron chi connectivity index (χ3n) is 3.34. The van der Waals surface area contributed by atoms with Crippen LogP contribution in [0.3, 0.4) is 0 Å². The maximum Gasteiger partial charge on any atom is 0.417 e. The topological polar surface area (TPSA) is 96.3 Å². The molecule has 0 radical (unpaired) electrons. The van der Waals surface area contributed by atoms with Crippen LogP contribution in [0.2, 0.25) is 0 Å². The lowest BCUT2D eigenvalue weighted by atomic mass is 10.3. The Morgan fingerprint density at radius 1 is 1.32 bits per heavy atom. The molecule has 116 valence electrons. The second-order valence-electron chi connectivity index (χ2n) is 4.78. The molecule has 1 N–H and O–H groups in total. The first kappa shape index (κ1) is 14.8. The van der Waals surface area contributed by atoms with E-state index >= 15 is 0 Å². The number of H-pyrrole nitrogens is 1. The molecule has 0 unspecified atom stereocenters. The van der Waals surface area contributed by atoms with E-state index in [-0.39, 0.29) is 10.5 Å². The van der Waals surface area contributed by atoms with Crippen LogP contribution < -0.4 is 10.1 Å². The number of sulfonamides is 1. The molecule has 0 fully saturated rings. The molecular formula is C13H13N3O4S2. The van der Waals surface area contributed by atoms with Gasteiger partial charge in [0.25, 0.3) is 10.0 Å². The average Bonchev–Trinajstić information content (AvgIpc) is 2.99. The van der Waals surface area contributed by atoms with Crippen molar-refractivity contribution in [1.82, 2.24) is 9.97 Å². The van der Waals surface area contributed by atoms with Gasteiger partial charge in [-0.1, -0.05) is 0 Å². The molecule has 7 nitrogen and oxygen atoms in total. The molecule has 9 heteroatoms. The van der Waals surface area contributed by atoms with Crippen LogP contribution in [0.4, 0.5) is 5.13 Å². The highest BCUT2D eigenvalue weighted by atomic mass is 32.2. The van der Waals surface area contributed by atoms with Crippen LogP contribution in [-0.2, 0) is 10.0 Å². The summed E-state index contributed by atoms with van der Waals surface area (Å²) >= 11 is 1.31. The number of benzene rings is 1. The van der Waals surface area contributed by atoms with E-state index in [4.69, 9.17) is 4.42 Å². The minimum atomic E-state index is -3.77. The second kappa shape index (κ2) is 4.96. The predicted octanol–water partition coefficient (Wildman–Crippen LogP) is 2.02. The summed E-state index contributed by atoms with van der Waals surface area (Å²) in [4.78, 5) is 18.9. The lowest BCUT2D eigenvalue weighted by molar-refractivity contribution is 0.554. The average molecular weight is 339 g/mol. The van der Waals surface area contributed by atoms with Gasteiger partial charge in [0.15, 0.2) is 10.7 Å². The summed E-state index contributed by atoms with van der Waals surface area (Å²) in [7, 11) is -2.32. The quantitative estimate of drug-likeness (QED) is 0.787. The third kappa shape index (κ3) is 2.32. The summed E-state index contributed by atoms with van der Waals surface area (Å²) in [5.74, 6) is -0.621. The van der Waals surface area contributed by atoms with Crippen molar-refractivity contribution in [3.8, 4) is 0 Å². The van der Waals surface area contributed by atoms with E-state index in [1.165, 1.54) is 36.6 Å². The minimum Gasteiger partial charge on any atom is -0.408 e. The zero-order chi connectivity index (χ0) is 16.1. The first-order valence-electron chi connectivity index (χ1n) is 6.35. The molecule has 0 amide bonds. The fraction of sp³-hybridized carbons (Fsp3) is 0.231. The van der Waals surface area contributed by atoms with Gasteiger partial charge < -0.3 is 4.42 Å². The molecule has 0 aliphatic rings. The second-order valence-corrected chi connectivity index (χ2v) is 7.93. The summed E-state index contributed by atoms with van der Waals surface area (Å²) < 4.78 is 31.4. The maximum absolute atomic E-state index is 12.7. The third-order valence-corrected chi connectivity index (χ3v) is 6.35. The van der Waals surface area contributed by atoms with Crippen LogP contribution in [0.15, 0.2) is 32.3 Å². The van der Waals surface area contributed by atoms with Gasteiger partial charge in [0, 0.05) is 18.0 Å². The Morgan fingerprint density at radius 3 is 2.68 bits per heavy atom. The molecule has 0 atom stereocenters. The normalized spacial score (nSPS) is 12.0. The number of fused-ring (bicyclic) bond motifs is 1. The zero-order valence-electron chi connectivity index (χ0n) is 12.1. The summed E-state index contributed by atoms with van der Waals surface area (Å²) in [5, 5.41) is 0.394. The first-order chi connectivity index (χ1) is 10.3. The fourth-order valence-corrected chi connectivity index (χ4v) is 4.18. The number of nitrogens with one attached hydrogen (secondary N) is 1. The largest absolute Gasteiger partial charge is 0.417 e. The predicted molar refractivity (Wildman–Crippen MR) is 84.0 cm³/mol. The Labute approximate surface area is 130 Å². The highest BCUT2D eigenvalue weighted by Gasteiger charge is 2.25. The number of rotatable bonds is 3. The van der Waals surface area contributed by atoms with Gasteiger partial charge in [-0.25, -0.2) is 22.5 Å². The van der Waals surface area contributed by atoms with Crippen molar-refractivity contribution in [2.75, 3.05) is 11.4 Å². The number of thiazole rings is 1. The van der Waals surface area contributed by atoms with E-state index in [2.05, 4.69) is 9.97 Å². The monoisotopic (exact) mass is 339 g/mol. The molecular weight excluding hydrogens is 326 g/mol. The molecule has 0 saturated heterocycles. The van der Waals surface area contributed by atoms with Crippen LogP contribution in [0.25, 0.3) is 11.1 Å². The number of anilines is 1. The van der Waals surface area contributed by atoms with Crippen molar-refractivity contribution in [3.05, 3.63) is 39.3 Å². The lowest BCUT2D eigenvalue weighted by Crippen LogP contribution is -2.26. The van der Waals surface area contributed by atoms with Gasteiger partial charge in [-0.15, -0.1) is 11.3 Å². The minimum absolute atomic E-state index is 0.0377. The van der Waals surface area contributed by atoms with Crippen LogP contribution in [0.1, 0.15) is 10.6 Å². The highest BCUT2D eigenvalue weighted by molar-refractivity contribution is 7.93. The van der Waals surface area contributed by atoms with Gasteiger partial charge in [-0.3, -0.25) is 4.98 Å². The molecule has 0 aliphatic carbocycles. The number of hydrogen-bond acceptors (Lipinski definition) is 6. The van der Waals surface area contributed by atoms with Crippen molar-refractivity contribution in [2.24, 2.45) is 0 Å². The van der Waals surface area contributed by atoms with E-state index in [0.29, 0.717) is 10.6 Å². The number of nitrogens with zero attached hydrogens (tertiary/aromatic N) is 2. The lowest BCUT2D eigenvalue weighted by Gasteiger charge is -2.16. The van der Waals surface area contributed by atoms with Crippen LogP contribution >= 0.6 is 11.3 Å². The Balaban J connectivity index is 2.08. The Kier molecular flexibility index (Phi) is 3.33. The number of oxazole rings is 1. The smallest absolute Gasteiger partial charge is 0.408 e. The first-order valence-corrected chi connectivity index (χ1v) is 8.60. The molecule has 3 rings (SSSR count). The molecule has 0 aliphatic heterocycles. The summed E-state index contributed by atoms with van der Waals surface area (Å²) in [6.45, 7) is 3.72. The van der Waals surface area contributed by atoms with Crippen LogP contribution in [0, 0.1) is 13.8 Å². The molecule has 22 heavy (non-hydrogen) atoms. The summed E-state index contributed by atoms with van der Waals surface area (Å²) in [6, 6.07) is 4.25. The van der Waals surface area contributed by atoms with Crippen LogP contribution in [0.5, 0.6) is 0 Å². The van der Waals surface area contributed by atoms with E-state index in [0.717, 1.165) is 14.9 Å². The number of hydrogen-bond donors (Lipinski definition) is 1. The van der Waals surface area contributed by atoms with Gasteiger partial charge in [0.1, 0.15) is 0 Å². The highest BCUT2D eigenvalue weighted by Crippen LogP contribution is 2.29. The maximum atomic E-state index is 12.7. The number of aromatic nitrogens is 2. The molecule has 0 spiro atoms. The van der Waals surface area contributed by atoms with Crippen molar-refractivity contribution < 1.29 is 12.8 Å². The summed E-state index contributed by atoms with van der Waals surface area (Å²) in [5.41, 5.74) is 1.45. The molecule has 0 bridgehead atoms. The standard InChI is InChI=1S/C13H13N3O4S2/c1-7-8(2)21-12(14-7)16(3)22(18,19)9-4-5-10-11(6-9)20-13(17)15-10/h4-6H,1-3H3,(H,15,17). The summed E-state index contributed by atoms with van der Waals surface area (Å²) in [6.07, 6.45) is 0. The SMILES string of the molecule is Cc1nc(N(C)S(=O)(=O)c2ccc3[nH]c(=O)oc3c2)sc1C. The van der Waals surface area contributed by atoms with Gasteiger partial charge in [0.2, 0.25) is 0 Å². The molecule has 1 aromatic carbocycles. The molecule has 2 aromatic heterocycles. The van der Waals surface area contributed by atoms with Gasteiger partial charge in [0.05, 0.1) is 16.1 Å². The van der Waals surface area contributed by atoms with Crippen molar-refractivity contribution >= 4 is 37.6 Å². The van der Waals surface area contributed by atoms with E-state index in [1.54, 1.807) is 0 Å². The molecule has 3 aromatic rings. The molecule has 0 saturated carbocycles. The van der Waals surface area contributed by atoms with Crippen molar-refractivity contribution in [2.45, 2.75) is 18.7 Å². The molecule has 2 heterocycles. The zero-order valence-corrected chi connectivity index (χ0v) is 13.7. The van der Waals surface area contributed by atoms with E-state index in [9.17, 15) is 13.2 Å². The van der Waals surface area contributed by atoms with E-state index in [1.807, 2.05) is 13.8 Å². The van der Waals surface area contributed by atoms with Crippen molar-refractivity contribution in [3.63, 3.8) is 0 Å². The Bertz CT molecular complexity index is 994. The van der Waals surface area contributed by atoms with E-state index < -0.39 is 15.8 Å². The number of aromatic amines is 1. The van der Waals surface area contributed by atoms with Crippen LogP contribution in [-0.4, -0.2) is 25.4 Å². The Morgan fingerprint density at radius 2 is 2.05 bits per heavy atom. The van der Waals surface area contributed by atoms with Gasteiger partial charge in [-0.05, 0) is 26.0 Å². The Hall–Kier alpha value is -2.13. The van der Waals surface area contributed by atoms with Gasteiger partial charge in [-0.2, -0.15) is 0 Å². The fourth-order valence-electron chi connectivity index (χ4n) is 1.94.